The molecule has 1 aromatic carbocycles. The summed E-state index contributed by atoms with van der Waals surface area (Å²) in [5.74, 6) is 1.80. The van der Waals surface area contributed by atoms with E-state index in [9.17, 15) is 9.59 Å². The molecule has 4 rings (SSSR count). The number of amides is 2. The first-order valence-electron chi connectivity index (χ1n) is 11.0. The first-order valence-corrected chi connectivity index (χ1v) is 11.0. The van der Waals surface area contributed by atoms with Gasteiger partial charge in [0, 0.05) is 36.5 Å². The number of likely N-dealkylation sites (tertiary alicyclic amines) is 1. The highest BCUT2D eigenvalue weighted by Gasteiger charge is 2.30. The molecule has 2 aliphatic carbocycles. The van der Waals surface area contributed by atoms with Gasteiger partial charge in [-0.15, -0.1) is 0 Å². The van der Waals surface area contributed by atoms with Gasteiger partial charge in [0.15, 0.2) is 0 Å². The molecule has 3 fully saturated rings. The van der Waals surface area contributed by atoms with Crippen molar-refractivity contribution >= 4 is 11.8 Å². The molecule has 5 nitrogen and oxygen atoms in total. The van der Waals surface area contributed by atoms with Gasteiger partial charge in [0.05, 0.1) is 6.61 Å². The van der Waals surface area contributed by atoms with Crippen molar-refractivity contribution in [1.29, 1.82) is 0 Å². The van der Waals surface area contributed by atoms with E-state index < -0.39 is 0 Å². The Morgan fingerprint density at radius 2 is 1.71 bits per heavy atom. The average molecular weight is 385 g/mol. The minimum Gasteiger partial charge on any atom is -0.493 e. The quantitative estimate of drug-likeness (QED) is 0.812. The van der Waals surface area contributed by atoms with Crippen molar-refractivity contribution in [3.8, 4) is 5.75 Å². The van der Waals surface area contributed by atoms with Gasteiger partial charge in [0.2, 0.25) is 5.91 Å². The van der Waals surface area contributed by atoms with Crippen LogP contribution in [0.15, 0.2) is 24.3 Å². The lowest BCUT2D eigenvalue weighted by Crippen LogP contribution is -2.44. The Morgan fingerprint density at radius 1 is 0.964 bits per heavy atom. The second-order valence-corrected chi connectivity index (χ2v) is 8.71. The summed E-state index contributed by atoms with van der Waals surface area (Å²) in [5, 5.41) is 3.00. The fraction of sp³-hybridized carbons (Fsp3) is 0.652. The van der Waals surface area contributed by atoms with E-state index >= 15 is 0 Å². The average Bonchev–Trinajstić information content (AvgIpc) is 3.57. The Bertz CT molecular complexity index is 678. The summed E-state index contributed by atoms with van der Waals surface area (Å²) in [6, 6.07) is 7.76. The first-order chi connectivity index (χ1) is 13.7. The molecular formula is C23H32N2O3. The van der Waals surface area contributed by atoms with E-state index in [0.717, 1.165) is 57.4 Å². The standard InChI is InChI=1S/C23H32N2O3/c26-22(24-20-10-11-20)18-8-12-21(13-9-18)28-16-17-5-4-14-25(15-17)23(27)19-6-2-1-3-7-19/h8-9,12-13,17,19-20H,1-7,10-11,14-16H2,(H,24,26). The highest BCUT2D eigenvalue weighted by Crippen LogP contribution is 2.28. The maximum absolute atomic E-state index is 12.8. The number of hydrogen-bond acceptors (Lipinski definition) is 3. The van der Waals surface area contributed by atoms with Crippen molar-refractivity contribution in [3.63, 3.8) is 0 Å². The van der Waals surface area contributed by atoms with E-state index in [4.69, 9.17) is 4.74 Å². The Labute approximate surface area is 167 Å². The third-order valence-corrected chi connectivity index (χ3v) is 6.30. The van der Waals surface area contributed by atoms with E-state index in [1.54, 1.807) is 0 Å². The molecule has 0 bridgehead atoms. The number of carbonyl (C=O) groups excluding carboxylic acids is 2. The smallest absolute Gasteiger partial charge is 0.251 e. The second kappa shape index (κ2) is 8.97. The molecule has 3 aliphatic rings. The fourth-order valence-corrected chi connectivity index (χ4v) is 4.42. The molecule has 1 N–H and O–H groups in total. The fourth-order valence-electron chi connectivity index (χ4n) is 4.42. The summed E-state index contributed by atoms with van der Waals surface area (Å²) in [7, 11) is 0. The van der Waals surface area contributed by atoms with E-state index in [-0.39, 0.29) is 11.8 Å². The van der Waals surface area contributed by atoms with Crippen LogP contribution in [-0.4, -0.2) is 42.5 Å². The Hall–Kier alpha value is -2.04. The maximum atomic E-state index is 12.8. The van der Waals surface area contributed by atoms with Gasteiger partial charge in [-0.2, -0.15) is 0 Å². The van der Waals surface area contributed by atoms with Crippen molar-refractivity contribution in [3.05, 3.63) is 29.8 Å². The van der Waals surface area contributed by atoms with Crippen molar-refractivity contribution in [2.75, 3.05) is 19.7 Å². The zero-order valence-electron chi connectivity index (χ0n) is 16.7. The van der Waals surface area contributed by atoms with E-state index in [0.29, 0.717) is 30.0 Å². The summed E-state index contributed by atoms with van der Waals surface area (Å²) < 4.78 is 5.98. The van der Waals surface area contributed by atoms with Crippen LogP contribution >= 0.6 is 0 Å². The van der Waals surface area contributed by atoms with Crippen LogP contribution in [0.25, 0.3) is 0 Å². The summed E-state index contributed by atoms with van der Waals surface area (Å²) in [6.07, 6.45) is 10.2. The zero-order valence-corrected chi connectivity index (χ0v) is 16.7. The summed E-state index contributed by atoms with van der Waals surface area (Å²) >= 11 is 0. The van der Waals surface area contributed by atoms with Gasteiger partial charge in [-0.05, 0) is 62.8 Å². The van der Waals surface area contributed by atoms with Crippen molar-refractivity contribution in [1.82, 2.24) is 10.2 Å². The molecule has 1 aliphatic heterocycles. The number of rotatable bonds is 6. The van der Waals surface area contributed by atoms with Crippen LogP contribution in [0.5, 0.6) is 5.75 Å². The number of nitrogens with zero attached hydrogens (tertiary/aromatic N) is 1. The Balaban J connectivity index is 1.24. The molecule has 2 amide bonds. The van der Waals surface area contributed by atoms with Crippen LogP contribution < -0.4 is 10.1 Å². The number of nitrogens with one attached hydrogen (secondary N) is 1. The van der Waals surface area contributed by atoms with E-state index in [2.05, 4.69) is 10.2 Å². The molecule has 1 heterocycles. The minimum atomic E-state index is -0.00167. The molecule has 1 atom stereocenters. The molecule has 0 spiro atoms. The lowest BCUT2D eigenvalue weighted by molar-refractivity contribution is -0.138. The highest BCUT2D eigenvalue weighted by atomic mass is 16.5. The molecule has 152 valence electrons. The molecule has 1 unspecified atom stereocenters. The molecule has 28 heavy (non-hydrogen) atoms. The van der Waals surface area contributed by atoms with Gasteiger partial charge in [0.1, 0.15) is 5.75 Å². The van der Waals surface area contributed by atoms with Crippen LogP contribution in [0, 0.1) is 11.8 Å². The summed E-state index contributed by atoms with van der Waals surface area (Å²) in [6.45, 7) is 2.34. The third kappa shape index (κ3) is 5.06. The topological polar surface area (TPSA) is 58.6 Å². The number of hydrogen-bond donors (Lipinski definition) is 1. The van der Waals surface area contributed by atoms with Gasteiger partial charge in [-0.1, -0.05) is 19.3 Å². The minimum absolute atomic E-state index is 0.00167. The molecule has 0 radical (unpaired) electrons. The molecule has 1 saturated heterocycles. The molecule has 5 heteroatoms. The largest absolute Gasteiger partial charge is 0.493 e. The Morgan fingerprint density at radius 3 is 2.43 bits per heavy atom. The lowest BCUT2D eigenvalue weighted by atomic mass is 9.87. The van der Waals surface area contributed by atoms with Crippen LogP contribution in [0.4, 0.5) is 0 Å². The van der Waals surface area contributed by atoms with Crippen LogP contribution in [0.2, 0.25) is 0 Å². The predicted molar refractivity (Wildman–Crippen MR) is 108 cm³/mol. The second-order valence-electron chi connectivity index (χ2n) is 8.71. The van der Waals surface area contributed by atoms with Crippen molar-refractivity contribution < 1.29 is 14.3 Å². The van der Waals surface area contributed by atoms with Crippen LogP contribution in [0.3, 0.4) is 0 Å². The lowest BCUT2D eigenvalue weighted by Gasteiger charge is -2.35. The molecular weight excluding hydrogens is 352 g/mol. The zero-order chi connectivity index (χ0) is 19.3. The van der Waals surface area contributed by atoms with E-state index in [1.165, 1.54) is 19.3 Å². The number of benzene rings is 1. The molecule has 0 aromatic heterocycles. The number of carbonyl (C=O) groups is 2. The summed E-state index contributed by atoms with van der Waals surface area (Å²) in [4.78, 5) is 26.9. The van der Waals surface area contributed by atoms with Gasteiger partial charge in [0.25, 0.3) is 5.91 Å². The monoisotopic (exact) mass is 384 g/mol. The Kier molecular flexibility index (Phi) is 6.18. The third-order valence-electron chi connectivity index (χ3n) is 6.30. The van der Waals surface area contributed by atoms with Gasteiger partial charge in [-0.25, -0.2) is 0 Å². The molecule has 1 aromatic rings. The van der Waals surface area contributed by atoms with Gasteiger partial charge < -0.3 is 15.0 Å². The van der Waals surface area contributed by atoms with Crippen molar-refractivity contribution in [2.24, 2.45) is 11.8 Å². The maximum Gasteiger partial charge on any atom is 0.251 e. The van der Waals surface area contributed by atoms with Crippen molar-refractivity contribution in [2.45, 2.75) is 63.8 Å². The van der Waals surface area contributed by atoms with Crippen LogP contribution in [-0.2, 0) is 4.79 Å². The van der Waals surface area contributed by atoms with Gasteiger partial charge in [-0.3, -0.25) is 9.59 Å². The van der Waals surface area contributed by atoms with E-state index in [1.807, 2.05) is 24.3 Å². The number of ether oxygens (including phenoxy) is 1. The SMILES string of the molecule is O=C(NC1CC1)c1ccc(OCC2CCCN(C(=O)C3CCCCC3)C2)cc1. The normalized spacial score (nSPS) is 23.3. The highest BCUT2D eigenvalue weighted by molar-refractivity contribution is 5.94. The summed E-state index contributed by atoms with van der Waals surface area (Å²) in [5.41, 5.74) is 0.682. The van der Waals surface area contributed by atoms with Gasteiger partial charge >= 0.3 is 0 Å². The van der Waals surface area contributed by atoms with Crippen LogP contribution in [0.1, 0.15) is 68.1 Å². The number of piperidine rings is 1. The molecule has 2 saturated carbocycles. The predicted octanol–water partition coefficient (Wildman–Crippen LogP) is 3.78. The first kappa shape index (κ1) is 19.3.